The van der Waals surface area contributed by atoms with E-state index in [2.05, 4.69) is 6.07 Å². The molecule has 0 radical (unpaired) electrons. The maximum Gasteiger partial charge on any atom is 0.123 e. The van der Waals surface area contributed by atoms with Crippen LogP contribution in [-0.4, -0.2) is 13.7 Å². The van der Waals surface area contributed by atoms with E-state index >= 15 is 0 Å². The molecule has 0 aromatic heterocycles. The summed E-state index contributed by atoms with van der Waals surface area (Å²) in [7, 11) is 1.61. The zero-order chi connectivity index (χ0) is 13.6. The predicted molar refractivity (Wildman–Crippen MR) is 72.1 cm³/mol. The molecule has 0 aliphatic rings. The third-order valence-electron chi connectivity index (χ3n) is 2.70. The summed E-state index contributed by atoms with van der Waals surface area (Å²) in [5.41, 5.74) is 0.527. The van der Waals surface area contributed by atoms with Gasteiger partial charge in [0, 0.05) is 5.56 Å². The van der Waals surface area contributed by atoms with Crippen LogP contribution in [0.15, 0.2) is 18.2 Å². The lowest BCUT2D eigenvalue weighted by atomic mass is 9.92. The van der Waals surface area contributed by atoms with Crippen LogP contribution in [0.3, 0.4) is 0 Å². The first-order chi connectivity index (χ1) is 8.52. The maximum atomic E-state index is 8.92. The SMILES string of the molecule is COc1ccc(OCCC(C)(C)C#N)c(CCl)c1. The highest BCUT2D eigenvalue weighted by Gasteiger charge is 2.16. The van der Waals surface area contributed by atoms with E-state index in [1.54, 1.807) is 7.11 Å². The summed E-state index contributed by atoms with van der Waals surface area (Å²) in [5, 5.41) is 8.92. The lowest BCUT2D eigenvalue weighted by molar-refractivity contribution is 0.262. The summed E-state index contributed by atoms with van der Waals surface area (Å²) in [6.45, 7) is 4.29. The number of nitriles is 1. The molecule has 4 heteroatoms. The molecule has 98 valence electrons. The van der Waals surface area contributed by atoms with Gasteiger partial charge in [-0.1, -0.05) is 0 Å². The van der Waals surface area contributed by atoms with Crippen LogP contribution in [0.5, 0.6) is 11.5 Å². The van der Waals surface area contributed by atoms with Gasteiger partial charge in [-0.3, -0.25) is 0 Å². The van der Waals surface area contributed by atoms with Gasteiger partial charge in [-0.25, -0.2) is 0 Å². The van der Waals surface area contributed by atoms with Crippen LogP contribution in [0.25, 0.3) is 0 Å². The van der Waals surface area contributed by atoms with Gasteiger partial charge in [0.2, 0.25) is 0 Å². The molecule has 0 atom stereocenters. The van der Waals surface area contributed by atoms with Gasteiger partial charge in [0.25, 0.3) is 0 Å². The molecule has 1 aromatic rings. The van der Waals surface area contributed by atoms with Crippen LogP contribution in [0.4, 0.5) is 0 Å². The van der Waals surface area contributed by atoms with Crippen molar-refractivity contribution in [2.24, 2.45) is 5.41 Å². The van der Waals surface area contributed by atoms with Crippen molar-refractivity contribution in [2.45, 2.75) is 26.1 Å². The zero-order valence-corrected chi connectivity index (χ0v) is 11.8. The molecule has 3 nitrogen and oxygen atoms in total. The molecule has 0 heterocycles. The van der Waals surface area contributed by atoms with E-state index in [4.69, 9.17) is 26.3 Å². The monoisotopic (exact) mass is 267 g/mol. The Labute approximate surface area is 113 Å². The summed E-state index contributed by atoms with van der Waals surface area (Å²) in [5.74, 6) is 1.88. The molecule has 0 spiro atoms. The molecule has 0 N–H and O–H groups in total. The molecule has 0 aliphatic heterocycles. The molecule has 0 saturated heterocycles. The van der Waals surface area contributed by atoms with E-state index in [1.165, 1.54) is 0 Å². The Hall–Kier alpha value is -1.40. The average molecular weight is 268 g/mol. The number of alkyl halides is 1. The number of methoxy groups -OCH3 is 1. The second kappa shape index (κ2) is 6.51. The first kappa shape index (κ1) is 14.7. The summed E-state index contributed by atoms with van der Waals surface area (Å²) in [4.78, 5) is 0. The third kappa shape index (κ3) is 4.12. The first-order valence-corrected chi connectivity index (χ1v) is 6.33. The Kier molecular flexibility index (Phi) is 5.30. The van der Waals surface area contributed by atoms with Gasteiger partial charge >= 0.3 is 0 Å². The quantitative estimate of drug-likeness (QED) is 0.737. The van der Waals surface area contributed by atoms with Gasteiger partial charge in [0.05, 0.1) is 31.1 Å². The van der Waals surface area contributed by atoms with Gasteiger partial charge in [-0.2, -0.15) is 5.26 Å². The van der Waals surface area contributed by atoms with E-state index in [9.17, 15) is 0 Å². The van der Waals surface area contributed by atoms with Crippen LogP contribution in [0.2, 0.25) is 0 Å². The van der Waals surface area contributed by atoms with Gasteiger partial charge < -0.3 is 9.47 Å². The smallest absolute Gasteiger partial charge is 0.123 e. The van der Waals surface area contributed by atoms with Crippen molar-refractivity contribution in [3.05, 3.63) is 23.8 Å². The number of ether oxygens (including phenoxy) is 2. The molecule has 0 saturated carbocycles. The molecule has 0 unspecified atom stereocenters. The summed E-state index contributed by atoms with van der Waals surface area (Å²) in [6.07, 6.45) is 0.678. The second-order valence-corrected chi connectivity index (χ2v) is 4.97. The summed E-state index contributed by atoms with van der Waals surface area (Å²) in [6, 6.07) is 7.78. The standard InChI is InChI=1S/C14H18ClNO2/c1-14(2,10-16)6-7-18-13-5-4-12(17-3)8-11(13)9-15/h4-5,8H,6-7,9H2,1-3H3. The fraction of sp³-hybridized carbons (Fsp3) is 0.500. The number of benzene rings is 1. The van der Waals surface area contributed by atoms with Crippen LogP contribution in [0.1, 0.15) is 25.8 Å². The molecular formula is C14H18ClNO2. The van der Waals surface area contributed by atoms with Crippen molar-refractivity contribution in [2.75, 3.05) is 13.7 Å². The minimum atomic E-state index is -0.367. The Balaban J connectivity index is 2.65. The van der Waals surface area contributed by atoms with E-state index in [-0.39, 0.29) is 5.41 Å². The fourth-order valence-corrected chi connectivity index (χ4v) is 1.61. The van der Waals surface area contributed by atoms with E-state index in [0.29, 0.717) is 18.9 Å². The van der Waals surface area contributed by atoms with Crippen molar-refractivity contribution in [1.82, 2.24) is 0 Å². The Bertz CT molecular complexity index is 438. The molecule has 1 rings (SSSR count). The van der Waals surface area contributed by atoms with Gasteiger partial charge in [-0.15, -0.1) is 11.6 Å². The van der Waals surface area contributed by atoms with Gasteiger partial charge in [0.1, 0.15) is 11.5 Å². The minimum absolute atomic E-state index is 0.367. The first-order valence-electron chi connectivity index (χ1n) is 5.79. The van der Waals surface area contributed by atoms with Crippen molar-refractivity contribution in [3.63, 3.8) is 0 Å². The molecule has 0 bridgehead atoms. The molecule has 0 amide bonds. The molecule has 0 fully saturated rings. The maximum absolute atomic E-state index is 8.92. The minimum Gasteiger partial charge on any atom is -0.497 e. The van der Waals surface area contributed by atoms with E-state index < -0.39 is 0 Å². The summed E-state index contributed by atoms with van der Waals surface area (Å²) < 4.78 is 10.8. The molecule has 18 heavy (non-hydrogen) atoms. The average Bonchev–Trinajstić information content (AvgIpc) is 2.38. The fourth-order valence-electron chi connectivity index (χ4n) is 1.40. The van der Waals surface area contributed by atoms with Gasteiger partial charge in [0.15, 0.2) is 0 Å². The number of nitrogens with zero attached hydrogens (tertiary/aromatic N) is 1. The number of hydrogen-bond donors (Lipinski definition) is 0. The van der Waals surface area contributed by atoms with Crippen molar-refractivity contribution in [1.29, 1.82) is 5.26 Å². The largest absolute Gasteiger partial charge is 0.497 e. The Morgan fingerprint density at radius 1 is 1.39 bits per heavy atom. The van der Waals surface area contributed by atoms with Crippen LogP contribution < -0.4 is 9.47 Å². The normalized spacial score (nSPS) is 10.8. The molecule has 1 aromatic carbocycles. The van der Waals surface area contributed by atoms with Crippen molar-refractivity contribution >= 4 is 11.6 Å². The highest BCUT2D eigenvalue weighted by molar-refractivity contribution is 6.17. The lowest BCUT2D eigenvalue weighted by Gasteiger charge is -2.16. The van der Waals surface area contributed by atoms with Crippen LogP contribution in [-0.2, 0) is 5.88 Å². The predicted octanol–water partition coefficient (Wildman–Crippen LogP) is 3.75. The molecular weight excluding hydrogens is 250 g/mol. The third-order valence-corrected chi connectivity index (χ3v) is 2.99. The van der Waals surface area contributed by atoms with Crippen LogP contribution >= 0.6 is 11.6 Å². The lowest BCUT2D eigenvalue weighted by Crippen LogP contribution is -2.13. The Morgan fingerprint density at radius 2 is 2.11 bits per heavy atom. The van der Waals surface area contributed by atoms with Crippen molar-refractivity contribution < 1.29 is 9.47 Å². The second-order valence-electron chi connectivity index (χ2n) is 4.70. The summed E-state index contributed by atoms with van der Waals surface area (Å²) >= 11 is 5.87. The topological polar surface area (TPSA) is 42.2 Å². The van der Waals surface area contributed by atoms with E-state index in [1.807, 2.05) is 32.0 Å². The highest BCUT2D eigenvalue weighted by Crippen LogP contribution is 2.27. The Morgan fingerprint density at radius 3 is 2.67 bits per heavy atom. The van der Waals surface area contributed by atoms with E-state index in [0.717, 1.165) is 17.1 Å². The van der Waals surface area contributed by atoms with Crippen LogP contribution in [0, 0.1) is 16.7 Å². The number of hydrogen-bond acceptors (Lipinski definition) is 3. The zero-order valence-electron chi connectivity index (χ0n) is 11.0. The van der Waals surface area contributed by atoms with Crippen molar-refractivity contribution in [3.8, 4) is 17.6 Å². The highest BCUT2D eigenvalue weighted by atomic mass is 35.5. The number of halogens is 1. The number of rotatable bonds is 6. The molecule has 0 aliphatic carbocycles. The van der Waals surface area contributed by atoms with Gasteiger partial charge in [-0.05, 0) is 38.5 Å².